The van der Waals surface area contributed by atoms with Gasteiger partial charge in [0.15, 0.2) is 0 Å². The number of carboxylic acid groups (broad SMARTS) is 1. The van der Waals surface area contributed by atoms with E-state index in [-0.39, 0.29) is 23.7 Å². The minimum absolute atomic E-state index is 0.0359. The number of carboxylic acids is 1. The summed E-state index contributed by atoms with van der Waals surface area (Å²) in [6, 6.07) is 3.72. The molecule has 20 heavy (non-hydrogen) atoms. The third-order valence-corrected chi connectivity index (χ3v) is 4.07. The number of nitrogens with one attached hydrogen (secondary N) is 2. The highest BCUT2D eigenvalue weighted by Crippen LogP contribution is 2.20. The Kier molecular flexibility index (Phi) is 4.97. The number of carbonyl (C=O) groups excluding carboxylic acids is 1. The van der Waals surface area contributed by atoms with Gasteiger partial charge in [0.05, 0.1) is 11.3 Å². The van der Waals surface area contributed by atoms with Crippen molar-refractivity contribution in [3.05, 3.63) is 29.6 Å². The summed E-state index contributed by atoms with van der Waals surface area (Å²) in [6.45, 7) is 0.836. The van der Waals surface area contributed by atoms with E-state index in [2.05, 4.69) is 10.6 Å². The van der Waals surface area contributed by atoms with Gasteiger partial charge in [-0.15, -0.1) is 0 Å². The van der Waals surface area contributed by atoms with E-state index in [0.717, 1.165) is 24.1 Å². The van der Waals surface area contributed by atoms with Crippen LogP contribution in [-0.2, 0) is 4.79 Å². The Morgan fingerprint density at radius 1 is 1.50 bits per heavy atom. The zero-order chi connectivity index (χ0) is 14.5. The van der Waals surface area contributed by atoms with Crippen LogP contribution in [0.3, 0.4) is 0 Å². The molecule has 108 valence electrons. The molecule has 2 rings (SSSR count). The van der Waals surface area contributed by atoms with Crippen molar-refractivity contribution in [1.82, 2.24) is 5.32 Å². The van der Waals surface area contributed by atoms with Crippen molar-refractivity contribution in [2.75, 3.05) is 23.4 Å². The highest BCUT2D eigenvalue weighted by Gasteiger charge is 2.20. The molecule has 5 nitrogen and oxygen atoms in total. The highest BCUT2D eigenvalue weighted by atomic mass is 32.2. The summed E-state index contributed by atoms with van der Waals surface area (Å²) in [5.41, 5.74) is -0.516. The second kappa shape index (κ2) is 6.71. The van der Waals surface area contributed by atoms with Crippen LogP contribution in [0.25, 0.3) is 0 Å². The number of halogens is 1. The van der Waals surface area contributed by atoms with Crippen LogP contribution < -0.4 is 10.6 Å². The van der Waals surface area contributed by atoms with Crippen LogP contribution in [0.1, 0.15) is 16.8 Å². The van der Waals surface area contributed by atoms with E-state index in [0.29, 0.717) is 0 Å². The predicted molar refractivity (Wildman–Crippen MR) is 75.7 cm³/mol. The minimum atomic E-state index is -1.27. The topological polar surface area (TPSA) is 78.4 Å². The maximum absolute atomic E-state index is 13.7. The Morgan fingerprint density at radius 2 is 2.30 bits per heavy atom. The molecule has 0 bridgehead atoms. The molecule has 1 aliphatic heterocycles. The fourth-order valence-corrected chi connectivity index (χ4v) is 2.94. The van der Waals surface area contributed by atoms with E-state index in [1.54, 1.807) is 11.8 Å². The van der Waals surface area contributed by atoms with Gasteiger partial charge in [0.2, 0.25) is 5.91 Å². The average molecular weight is 298 g/mol. The van der Waals surface area contributed by atoms with Gasteiger partial charge >= 0.3 is 5.97 Å². The first-order chi connectivity index (χ1) is 9.58. The molecule has 0 saturated carbocycles. The van der Waals surface area contributed by atoms with E-state index in [1.165, 1.54) is 12.1 Å². The van der Waals surface area contributed by atoms with Crippen molar-refractivity contribution in [3.63, 3.8) is 0 Å². The molecule has 0 radical (unpaired) electrons. The van der Waals surface area contributed by atoms with Crippen LogP contribution in [0.5, 0.6) is 0 Å². The number of thioether (sulfide) groups is 1. The second-order valence-corrected chi connectivity index (χ2v) is 5.60. The molecule has 3 N–H and O–H groups in total. The molecular formula is C13H15FN2O3S. The molecule has 1 amide bonds. The molecule has 1 unspecified atom stereocenters. The zero-order valence-electron chi connectivity index (χ0n) is 10.7. The number of aromatic carboxylic acids is 1. The van der Waals surface area contributed by atoms with Crippen molar-refractivity contribution in [2.45, 2.75) is 12.5 Å². The Bertz CT molecular complexity index is 518. The maximum atomic E-state index is 13.7. The SMILES string of the molecule is O=C(CC1CSCCN1)Nc1c(F)cccc1C(=O)O. The van der Waals surface area contributed by atoms with Gasteiger partial charge in [-0.25, -0.2) is 9.18 Å². The van der Waals surface area contributed by atoms with Gasteiger partial charge in [-0.1, -0.05) is 6.07 Å². The van der Waals surface area contributed by atoms with Crippen molar-refractivity contribution in [1.29, 1.82) is 0 Å². The van der Waals surface area contributed by atoms with E-state index in [1.807, 2.05) is 0 Å². The van der Waals surface area contributed by atoms with Gasteiger partial charge in [-0.2, -0.15) is 11.8 Å². The first kappa shape index (κ1) is 14.8. The van der Waals surface area contributed by atoms with Crippen molar-refractivity contribution >= 4 is 29.3 Å². The van der Waals surface area contributed by atoms with Crippen LogP contribution in [0.4, 0.5) is 10.1 Å². The Morgan fingerprint density at radius 3 is 2.95 bits per heavy atom. The molecule has 1 saturated heterocycles. The highest BCUT2D eigenvalue weighted by molar-refractivity contribution is 7.99. The summed E-state index contributed by atoms with van der Waals surface area (Å²) in [4.78, 5) is 22.9. The summed E-state index contributed by atoms with van der Waals surface area (Å²) in [5, 5.41) is 14.6. The number of hydrogen-bond donors (Lipinski definition) is 3. The largest absolute Gasteiger partial charge is 0.478 e. The molecule has 0 spiro atoms. The van der Waals surface area contributed by atoms with Crippen LogP contribution in [0.2, 0.25) is 0 Å². The second-order valence-electron chi connectivity index (χ2n) is 4.45. The summed E-state index contributed by atoms with van der Waals surface area (Å²) in [5.74, 6) is -0.585. The quantitative estimate of drug-likeness (QED) is 0.786. The van der Waals surface area contributed by atoms with Crippen LogP contribution >= 0.6 is 11.8 Å². The number of amides is 1. The van der Waals surface area contributed by atoms with Gasteiger partial charge in [-0.3, -0.25) is 4.79 Å². The van der Waals surface area contributed by atoms with E-state index in [4.69, 9.17) is 5.11 Å². The van der Waals surface area contributed by atoms with Crippen molar-refractivity contribution in [3.8, 4) is 0 Å². The van der Waals surface area contributed by atoms with Crippen molar-refractivity contribution in [2.24, 2.45) is 0 Å². The number of rotatable bonds is 4. The van der Waals surface area contributed by atoms with Gasteiger partial charge in [0.1, 0.15) is 5.82 Å². The maximum Gasteiger partial charge on any atom is 0.337 e. The fraction of sp³-hybridized carbons (Fsp3) is 0.385. The van der Waals surface area contributed by atoms with E-state index in [9.17, 15) is 14.0 Å². The molecule has 0 aromatic heterocycles. The molecule has 0 aliphatic carbocycles. The van der Waals surface area contributed by atoms with Gasteiger partial charge < -0.3 is 15.7 Å². The Balaban J connectivity index is 2.05. The first-order valence-corrected chi connectivity index (χ1v) is 7.36. The third-order valence-electron chi connectivity index (χ3n) is 2.94. The minimum Gasteiger partial charge on any atom is -0.478 e. The molecule has 7 heteroatoms. The third kappa shape index (κ3) is 3.71. The normalized spacial score (nSPS) is 18.6. The molecule has 1 atom stereocenters. The lowest BCUT2D eigenvalue weighted by Gasteiger charge is -2.22. The molecule has 1 fully saturated rings. The average Bonchev–Trinajstić information content (AvgIpc) is 2.42. The standard InChI is InChI=1S/C13H15FN2O3S/c14-10-3-1-2-9(13(18)19)12(10)16-11(17)6-8-7-20-5-4-15-8/h1-3,8,15H,4-7H2,(H,16,17)(H,18,19). The van der Waals surface area contributed by atoms with E-state index < -0.39 is 17.7 Å². The first-order valence-electron chi connectivity index (χ1n) is 6.20. The molecule has 1 heterocycles. The van der Waals surface area contributed by atoms with Crippen LogP contribution in [0.15, 0.2) is 18.2 Å². The van der Waals surface area contributed by atoms with Crippen molar-refractivity contribution < 1.29 is 19.1 Å². The van der Waals surface area contributed by atoms with Gasteiger partial charge in [-0.05, 0) is 12.1 Å². The lowest BCUT2D eigenvalue weighted by Crippen LogP contribution is -2.40. The molecule has 1 aromatic carbocycles. The predicted octanol–water partition coefficient (Wildman–Crippen LogP) is 1.56. The van der Waals surface area contributed by atoms with Crippen LogP contribution in [0, 0.1) is 5.82 Å². The summed E-state index contributed by atoms with van der Waals surface area (Å²) < 4.78 is 13.7. The Hall–Kier alpha value is -1.60. The van der Waals surface area contributed by atoms with Gasteiger partial charge in [0, 0.05) is 30.5 Å². The fourth-order valence-electron chi connectivity index (χ4n) is 1.99. The smallest absolute Gasteiger partial charge is 0.337 e. The lowest BCUT2D eigenvalue weighted by atomic mass is 10.1. The van der Waals surface area contributed by atoms with Crippen LogP contribution in [-0.4, -0.2) is 41.1 Å². The zero-order valence-corrected chi connectivity index (χ0v) is 11.5. The monoisotopic (exact) mass is 298 g/mol. The summed E-state index contributed by atoms with van der Waals surface area (Å²) >= 11 is 1.75. The van der Waals surface area contributed by atoms with Gasteiger partial charge in [0.25, 0.3) is 0 Å². The summed E-state index contributed by atoms with van der Waals surface area (Å²) in [6.07, 6.45) is 0.195. The summed E-state index contributed by atoms with van der Waals surface area (Å²) in [7, 11) is 0. The molecule has 1 aromatic rings. The lowest BCUT2D eigenvalue weighted by molar-refractivity contribution is -0.116. The number of anilines is 1. The number of carbonyl (C=O) groups is 2. The Labute approximate surface area is 119 Å². The molecular weight excluding hydrogens is 283 g/mol. The molecule has 1 aliphatic rings. The number of hydrogen-bond acceptors (Lipinski definition) is 4. The number of para-hydroxylation sites is 1. The van der Waals surface area contributed by atoms with E-state index >= 15 is 0 Å². The number of benzene rings is 1.